The first kappa shape index (κ1) is 23.7. The topological polar surface area (TPSA) is 17.6 Å². The van der Waals surface area contributed by atoms with Crippen molar-refractivity contribution >= 4 is 22.1 Å². The Hall–Kier alpha value is -4.18. The van der Waals surface area contributed by atoms with E-state index < -0.39 is 0 Å². The molecule has 0 fully saturated rings. The summed E-state index contributed by atoms with van der Waals surface area (Å²) >= 11 is 0. The monoisotopic (exact) mass is 524 g/mol. The molecule has 3 aliphatic rings. The zero-order valence-corrected chi connectivity index (χ0v) is 23.6. The van der Waals surface area contributed by atoms with Crippen LogP contribution in [0.2, 0.25) is 0 Å². The Morgan fingerprint density at radius 1 is 0.475 bits per heavy atom. The minimum Gasteiger partial charge on any atom is -0.228 e. The van der Waals surface area contributed by atoms with Gasteiger partial charge in [-0.15, -0.1) is 0 Å². The van der Waals surface area contributed by atoms with Gasteiger partial charge < -0.3 is 0 Å². The summed E-state index contributed by atoms with van der Waals surface area (Å²) in [6.07, 6.45) is 4.81. The molecular weight excluding hydrogens is 488 g/mol. The third-order valence-electron chi connectivity index (χ3n) is 9.49. The largest absolute Gasteiger partial charge is 0.245 e. The van der Waals surface area contributed by atoms with Gasteiger partial charge in [-0.05, 0) is 74.2 Å². The zero-order chi connectivity index (χ0) is 27.1. The molecule has 0 saturated heterocycles. The molecule has 2 aromatic heterocycles. The Bertz CT molecular complexity index is 1720. The predicted octanol–water partition coefficient (Wildman–Crippen LogP) is 7.41. The van der Waals surface area contributed by atoms with E-state index in [9.17, 15) is 0 Å². The highest BCUT2D eigenvalue weighted by atomic mass is 15.2. The lowest BCUT2D eigenvalue weighted by atomic mass is 9.59. The average Bonchev–Trinajstić information content (AvgIpc) is 3.56. The van der Waals surface area contributed by atoms with Gasteiger partial charge in [0.25, 0.3) is 0 Å². The lowest BCUT2D eigenvalue weighted by Crippen LogP contribution is -2.60. The minimum atomic E-state index is 0.219. The Labute approximate surface area is 235 Å². The van der Waals surface area contributed by atoms with Gasteiger partial charge in [-0.25, -0.2) is 18.3 Å². The van der Waals surface area contributed by atoms with Crippen molar-refractivity contribution in [2.24, 2.45) is 0 Å². The molecule has 198 valence electrons. The highest BCUT2D eigenvalue weighted by molar-refractivity contribution is 5.73. The number of para-hydroxylation sites is 4. The SMILES string of the molecule is CC(C)n1c[n+]([C@H]2C3c4ccccc4C(c4ccccc43)[C@@H]2[n+]2cn(C(C)C)c3ccccc32)c2ccccc21. The normalized spacial score (nSPS) is 21.4. The molecule has 40 heavy (non-hydrogen) atoms. The van der Waals surface area contributed by atoms with Crippen LogP contribution in [0.4, 0.5) is 0 Å². The van der Waals surface area contributed by atoms with E-state index >= 15 is 0 Å². The standard InChI is InChI=1S/C36H36N4/c1-23(2)37-21-39(31-19-11-9-17-29(31)37)35-33-25-13-5-7-15-27(25)34(28-16-8-6-14-26(28)33)36(35)40-22-38(24(3)4)30-18-10-12-20-32(30)40/h5-24,33-36H,1-4H3/q+2/t33?,34?,35-,36-/m0/s1. The second-order valence-corrected chi connectivity index (χ2v) is 12.2. The van der Waals surface area contributed by atoms with Crippen LogP contribution < -0.4 is 9.13 Å². The van der Waals surface area contributed by atoms with Gasteiger partial charge in [0.2, 0.25) is 12.7 Å². The number of aromatic nitrogens is 4. The van der Waals surface area contributed by atoms with Crippen molar-refractivity contribution in [3.05, 3.63) is 132 Å². The Morgan fingerprint density at radius 3 is 1.15 bits per heavy atom. The third kappa shape index (κ3) is 3.13. The number of benzene rings is 4. The van der Waals surface area contributed by atoms with E-state index in [0.29, 0.717) is 12.1 Å². The first-order valence-corrected chi connectivity index (χ1v) is 14.7. The molecule has 4 aromatic carbocycles. The lowest BCUT2D eigenvalue weighted by Gasteiger charge is -2.47. The molecule has 6 aromatic rings. The van der Waals surface area contributed by atoms with Crippen LogP contribution in [0.5, 0.6) is 0 Å². The zero-order valence-electron chi connectivity index (χ0n) is 23.6. The lowest BCUT2D eigenvalue weighted by molar-refractivity contribution is -0.800. The molecule has 2 heterocycles. The van der Waals surface area contributed by atoms with Crippen LogP contribution >= 0.6 is 0 Å². The van der Waals surface area contributed by atoms with Crippen molar-refractivity contribution in [3.63, 3.8) is 0 Å². The second-order valence-electron chi connectivity index (χ2n) is 12.2. The average molecular weight is 525 g/mol. The van der Waals surface area contributed by atoms with Crippen LogP contribution in [0.1, 0.15) is 86.0 Å². The number of fused-ring (bicyclic) bond motifs is 3. The quantitative estimate of drug-likeness (QED) is 0.214. The van der Waals surface area contributed by atoms with E-state index in [1.807, 2.05) is 0 Å². The molecule has 2 atom stereocenters. The fourth-order valence-corrected chi connectivity index (χ4v) is 7.89. The van der Waals surface area contributed by atoms with Gasteiger partial charge in [-0.1, -0.05) is 72.8 Å². The number of rotatable bonds is 4. The summed E-state index contributed by atoms with van der Waals surface area (Å²) in [5.74, 6) is 0.514. The smallest absolute Gasteiger partial charge is 0.228 e. The van der Waals surface area contributed by atoms with Gasteiger partial charge in [0.1, 0.15) is 0 Å². The van der Waals surface area contributed by atoms with Crippen LogP contribution in [0.25, 0.3) is 22.1 Å². The molecule has 0 amide bonds. The van der Waals surface area contributed by atoms with Gasteiger partial charge in [0.15, 0.2) is 34.2 Å². The van der Waals surface area contributed by atoms with E-state index in [0.717, 1.165) is 0 Å². The summed E-state index contributed by atoms with van der Waals surface area (Å²) in [7, 11) is 0. The minimum absolute atomic E-state index is 0.219. The molecule has 2 bridgehead atoms. The molecule has 0 aliphatic heterocycles. The number of hydrogen-bond acceptors (Lipinski definition) is 0. The van der Waals surface area contributed by atoms with E-state index in [1.54, 1.807) is 0 Å². The maximum atomic E-state index is 2.62. The van der Waals surface area contributed by atoms with Gasteiger partial charge in [0.05, 0.1) is 23.9 Å². The molecule has 3 aliphatic carbocycles. The van der Waals surface area contributed by atoms with E-state index in [2.05, 4.69) is 156 Å². The maximum absolute atomic E-state index is 2.62. The summed E-state index contributed by atoms with van der Waals surface area (Å²) in [6.45, 7) is 9.15. The van der Waals surface area contributed by atoms with Gasteiger partial charge in [-0.3, -0.25) is 0 Å². The third-order valence-corrected chi connectivity index (χ3v) is 9.49. The first-order valence-electron chi connectivity index (χ1n) is 14.7. The van der Waals surface area contributed by atoms with E-state index in [-0.39, 0.29) is 23.9 Å². The maximum Gasteiger partial charge on any atom is 0.245 e. The second kappa shape index (κ2) is 8.66. The van der Waals surface area contributed by atoms with Gasteiger partial charge in [0, 0.05) is 0 Å². The fraction of sp³-hybridized carbons (Fsp3) is 0.278. The molecule has 0 N–H and O–H groups in total. The van der Waals surface area contributed by atoms with Crippen LogP contribution in [0.15, 0.2) is 110 Å². The summed E-state index contributed by atoms with van der Waals surface area (Å²) in [5.41, 5.74) is 11.1. The predicted molar refractivity (Wildman–Crippen MR) is 160 cm³/mol. The van der Waals surface area contributed by atoms with Crippen molar-refractivity contribution in [2.75, 3.05) is 0 Å². The molecule has 4 heteroatoms. The molecule has 9 rings (SSSR count). The van der Waals surface area contributed by atoms with Gasteiger partial charge in [-0.2, -0.15) is 0 Å². The summed E-state index contributed by atoms with van der Waals surface area (Å²) < 4.78 is 10.2. The van der Waals surface area contributed by atoms with Crippen molar-refractivity contribution in [2.45, 2.75) is 63.7 Å². The van der Waals surface area contributed by atoms with Crippen molar-refractivity contribution < 1.29 is 9.13 Å². The first-order chi connectivity index (χ1) is 19.5. The number of nitrogens with zero attached hydrogens (tertiary/aromatic N) is 4. The van der Waals surface area contributed by atoms with Crippen molar-refractivity contribution in [1.82, 2.24) is 9.13 Å². The Morgan fingerprint density at radius 2 is 0.800 bits per heavy atom. The molecule has 0 spiro atoms. The molecule has 4 nitrogen and oxygen atoms in total. The van der Waals surface area contributed by atoms with Crippen LogP contribution in [0.3, 0.4) is 0 Å². The molecule has 0 radical (unpaired) electrons. The van der Waals surface area contributed by atoms with Crippen LogP contribution in [-0.2, 0) is 0 Å². The van der Waals surface area contributed by atoms with Crippen LogP contribution in [0, 0.1) is 0 Å². The molecule has 0 unspecified atom stereocenters. The van der Waals surface area contributed by atoms with Crippen LogP contribution in [-0.4, -0.2) is 9.13 Å². The highest BCUT2D eigenvalue weighted by Crippen LogP contribution is 2.59. The number of hydrogen-bond donors (Lipinski definition) is 0. The Kier molecular flexibility index (Phi) is 5.13. The molecule has 0 saturated carbocycles. The fourth-order valence-electron chi connectivity index (χ4n) is 7.89. The Balaban J connectivity index is 1.49. The number of imidazole rings is 2. The highest BCUT2D eigenvalue weighted by Gasteiger charge is 2.56. The summed E-state index contributed by atoms with van der Waals surface area (Å²) in [5, 5.41) is 0. The van der Waals surface area contributed by atoms with E-state index in [1.165, 1.54) is 44.3 Å². The van der Waals surface area contributed by atoms with Crippen molar-refractivity contribution in [3.8, 4) is 0 Å². The van der Waals surface area contributed by atoms with Gasteiger partial charge >= 0.3 is 0 Å². The summed E-state index contributed by atoms with van der Waals surface area (Å²) in [6, 6.07) is 37.6. The van der Waals surface area contributed by atoms with Crippen molar-refractivity contribution in [1.29, 1.82) is 0 Å². The van der Waals surface area contributed by atoms with E-state index in [4.69, 9.17) is 0 Å². The molecular formula is C36H36N4+2. The summed E-state index contributed by atoms with van der Waals surface area (Å²) in [4.78, 5) is 0.